The van der Waals surface area contributed by atoms with Gasteiger partial charge in [0.05, 0.1) is 10.8 Å². The number of rotatable bonds is 7. The minimum absolute atomic E-state index is 0.0891. The lowest BCUT2D eigenvalue weighted by Gasteiger charge is -2.23. The molecule has 0 aliphatic heterocycles. The average molecular weight is 375 g/mol. The van der Waals surface area contributed by atoms with Crippen molar-refractivity contribution in [2.75, 3.05) is 19.4 Å². The molecule has 1 amide bonds. The molecule has 0 aliphatic rings. The normalized spacial score (nSPS) is 14.0. The Labute approximate surface area is 156 Å². The monoisotopic (exact) mass is 374 g/mol. The van der Waals surface area contributed by atoms with Gasteiger partial charge in [-0.15, -0.1) is 0 Å². The predicted octanol–water partition coefficient (Wildman–Crippen LogP) is 3.71. The molecule has 6 heteroatoms. The van der Waals surface area contributed by atoms with Crippen LogP contribution in [0.1, 0.15) is 31.7 Å². The summed E-state index contributed by atoms with van der Waals surface area (Å²) >= 11 is 0. The van der Waals surface area contributed by atoms with E-state index >= 15 is 0 Å². The third-order valence-electron chi connectivity index (χ3n) is 4.55. The van der Waals surface area contributed by atoms with Crippen LogP contribution in [0.2, 0.25) is 0 Å². The van der Waals surface area contributed by atoms with Crippen LogP contribution in [0.15, 0.2) is 59.5 Å². The molecular formula is C20H26N2O3S. The summed E-state index contributed by atoms with van der Waals surface area (Å²) in [6.45, 7) is 4.12. The number of benzene rings is 2. The van der Waals surface area contributed by atoms with Crippen LogP contribution in [0.25, 0.3) is 0 Å². The van der Waals surface area contributed by atoms with Crippen molar-refractivity contribution >= 4 is 21.6 Å². The second-order valence-corrected chi connectivity index (χ2v) is 8.73. The third kappa shape index (κ3) is 4.51. The highest BCUT2D eigenvalue weighted by atomic mass is 32.2. The second-order valence-electron chi connectivity index (χ2n) is 6.57. The molecule has 0 aliphatic carbocycles. The van der Waals surface area contributed by atoms with E-state index in [1.54, 1.807) is 12.1 Å². The average Bonchev–Trinajstić information content (AvgIpc) is 2.63. The molecule has 0 heterocycles. The number of nitrogens with one attached hydrogen (secondary N) is 1. The molecule has 26 heavy (non-hydrogen) atoms. The van der Waals surface area contributed by atoms with Gasteiger partial charge in [-0.1, -0.05) is 50.6 Å². The molecule has 0 aromatic heterocycles. The molecule has 2 rings (SSSR count). The van der Waals surface area contributed by atoms with Crippen molar-refractivity contribution in [3.05, 3.63) is 60.2 Å². The van der Waals surface area contributed by atoms with E-state index in [0.29, 0.717) is 5.69 Å². The minimum atomic E-state index is -3.48. The number of carbonyl (C=O) groups excluding carboxylic acids is 1. The molecule has 5 nitrogen and oxygen atoms in total. The van der Waals surface area contributed by atoms with Gasteiger partial charge in [0.15, 0.2) is 0 Å². The molecule has 0 unspecified atom stereocenters. The third-order valence-corrected chi connectivity index (χ3v) is 6.38. The molecule has 2 aromatic carbocycles. The fraction of sp³-hybridized carbons (Fsp3) is 0.350. The quantitative estimate of drug-likeness (QED) is 0.803. The Kier molecular flexibility index (Phi) is 6.56. The van der Waals surface area contributed by atoms with Gasteiger partial charge < -0.3 is 5.32 Å². The first kappa shape index (κ1) is 20.1. The topological polar surface area (TPSA) is 66.5 Å². The maximum Gasteiger partial charge on any atom is 0.242 e. The number of anilines is 1. The van der Waals surface area contributed by atoms with Crippen molar-refractivity contribution in [3.8, 4) is 0 Å². The fourth-order valence-electron chi connectivity index (χ4n) is 2.78. The van der Waals surface area contributed by atoms with Gasteiger partial charge in [0, 0.05) is 19.8 Å². The summed E-state index contributed by atoms with van der Waals surface area (Å²) in [5.41, 5.74) is 1.56. The number of sulfonamides is 1. The molecule has 0 spiro atoms. The van der Waals surface area contributed by atoms with Gasteiger partial charge in [0.25, 0.3) is 0 Å². The van der Waals surface area contributed by atoms with Crippen molar-refractivity contribution < 1.29 is 13.2 Å². The Hall–Kier alpha value is -2.18. The first-order valence-electron chi connectivity index (χ1n) is 8.65. The summed E-state index contributed by atoms with van der Waals surface area (Å²) in [5, 5.41) is 2.92. The summed E-state index contributed by atoms with van der Waals surface area (Å²) in [6.07, 6.45) is 0.882. The Balaban J connectivity index is 2.22. The highest BCUT2D eigenvalue weighted by Crippen LogP contribution is 2.28. The zero-order valence-corrected chi connectivity index (χ0v) is 16.5. The Morgan fingerprint density at radius 1 is 1.04 bits per heavy atom. The molecule has 1 N–H and O–H groups in total. The van der Waals surface area contributed by atoms with Gasteiger partial charge in [-0.2, -0.15) is 0 Å². The summed E-state index contributed by atoms with van der Waals surface area (Å²) in [5.74, 6) is -0.161. The standard InChI is InChI=1S/C20H26N2O3S/c1-5-15(2)19(16-9-7-6-8-10-16)20(23)21-17-11-13-18(14-12-17)26(24,25)22(3)4/h6-15,19H,5H2,1-4H3,(H,21,23)/t15-,19+/m1/s1. The van der Waals surface area contributed by atoms with Gasteiger partial charge in [0.1, 0.15) is 0 Å². The smallest absolute Gasteiger partial charge is 0.242 e. The molecule has 2 atom stereocenters. The molecule has 0 saturated carbocycles. The fourth-order valence-corrected chi connectivity index (χ4v) is 3.68. The molecule has 0 bridgehead atoms. The first-order chi connectivity index (χ1) is 12.3. The van der Waals surface area contributed by atoms with Crippen LogP contribution in [0.4, 0.5) is 5.69 Å². The van der Waals surface area contributed by atoms with Crippen molar-refractivity contribution in [2.45, 2.75) is 31.1 Å². The van der Waals surface area contributed by atoms with Crippen molar-refractivity contribution in [3.63, 3.8) is 0 Å². The van der Waals surface area contributed by atoms with Gasteiger partial charge >= 0.3 is 0 Å². The Bertz CT molecular complexity index is 831. The Morgan fingerprint density at radius 2 is 1.62 bits per heavy atom. The summed E-state index contributed by atoms with van der Waals surface area (Å²) in [6, 6.07) is 16.0. The lowest BCUT2D eigenvalue weighted by molar-refractivity contribution is -0.118. The molecule has 0 radical (unpaired) electrons. The lowest BCUT2D eigenvalue weighted by Crippen LogP contribution is -2.26. The number of hydrogen-bond acceptors (Lipinski definition) is 3. The van der Waals surface area contributed by atoms with Crippen LogP contribution in [0.3, 0.4) is 0 Å². The largest absolute Gasteiger partial charge is 0.326 e. The highest BCUT2D eigenvalue weighted by molar-refractivity contribution is 7.89. The number of hydrogen-bond donors (Lipinski definition) is 1. The summed E-state index contributed by atoms with van der Waals surface area (Å²) in [7, 11) is -0.503. The highest BCUT2D eigenvalue weighted by Gasteiger charge is 2.26. The zero-order chi connectivity index (χ0) is 19.3. The molecule has 0 fully saturated rings. The molecule has 2 aromatic rings. The van der Waals surface area contributed by atoms with Crippen LogP contribution in [-0.2, 0) is 14.8 Å². The van der Waals surface area contributed by atoms with Crippen molar-refractivity contribution in [2.24, 2.45) is 5.92 Å². The van der Waals surface area contributed by atoms with Crippen LogP contribution in [0.5, 0.6) is 0 Å². The van der Waals surface area contributed by atoms with Crippen LogP contribution in [0, 0.1) is 5.92 Å². The maximum atomic E-state index is 12.9. The van der Waals surface area contributed by atoms with Crippen LogP contribution in [-0.4, -0.2) is 32.7 Å². The Morgan fingerprint density at radius 3 is 2.12 bits per heavy atom. The van der Waals surface area contributed by atoms with Gasteiger partial charge in [-0.25, -0.2) is 12.7 Å². The van der Waals surface area contributed by atoms with E-state index in [2.05, 4.69) is 19.2 Å². The summed E-state index contributed by atoms with van der Waals surface area (Å²) in [4.78, 5) is 13.1. The van der Waals surface area contributed by atoms with E-state index in [4.69, 9.17) is 0 Å². The number of nitrogens with zero attached hydrogens (tertiary/aromatic N) is 1. The molecule has 0 saturated heterocycles. The predicted molar refractivity (Wildman–Crippen MR) is 105 cm³/mol. The van der Waals surface area contributed by atoms with Crippen molar-refractivity contribution in [1.29, 1.82) is 0 Å². The zero-order valence-electron chi connectivity index (χ0n) is 15.6. The van der Waals surface area contributed by atoms with Crippen LogP contribution < -0.4 is 5.32 Å². The SMILES string of the molecule is CC[C@@H](C)[C@H](C(=O)Nc1ccc(S(=O)(=O)N(C)C)cc1)c1ccccc1. The van der Waals surface area contributed by atoms with Gasteiger partial charge in [0.2, 0.25) is 15.9 Å². The number of carbonyl (C=O) groups is 1. The van der Waals surface area contributed by atoms with Crippen LogP contribution >= 0.6 is 0 Å². The van der Waals surface area contributed by atoms with Gasteiger partial charge in [-0.3, -0.25) is 4.79 Å². The second kappa shape index (κ2) is 8.47. The van der Waals surface area contributed by atoms with Gasteiger partial charge in [-0.05, 0) is 35.7 Å². The number of amides is 1. The minimum Gasteiger partial charge on any atom is -0.326 e. The van der Waals surface area contributed by atoms with E-state index < -0.39 is 10.0 Å². The van der Waals surface area contributed by atoms with E-state index in [-0.39, 0.29) is 22.6 Å². The molecular weight excluding hydrogens is 348 g/mol. The van der Waals surface area contributed by atoms with E-state index in [1.165, 1.54) is 26.2 Å². The van der Waals surface area contributed by atoms with E-state index in [1.807, 2.05) is 30.3 Å². The summed E-state index contributed by atoms with van der Waals surface area (Å²) < 4.78 is 25.4. The van der Waals surface area contributed by atoms with Crippen molar-refractivity contribution in [1.82, 2.24) is 4.31 Å². The maximum absolute atomic E-state index is 12.9. The molecule has 140 valence electrons. The lowest BCUT2D eigenvalue weighted by atomic mass is 9.85. The van der Waals surface area contributed by atoms with E-state index in [0.717, 1.165) is 16.3 Å². The van der Waals surface area contributed by atoms with E-state index in [9.17, 15) is 13.2 Å². The first-order valence-corrected chi connectivity index (χ1v) is 10.1.